The van der Waals surface area contributed by atoms with Gasteiger partial charge in [-0.25, -0.2) is 9.97 Å². The summed E-state index contributed by atoms with van der Waals surface area (Å²) >= 11 is 0. The second-order valence-corrected chi connectivity index (χ2v) is 6.95. The van der Waals surface area contributed by atoms with Crippen molar-refractivity contribution in [2.24, 2.45) is 0 Å². The number of aryl methyl sites for hydroxylation is 1. The Hall–Kier alpha value is -3.21. The molecule has 28 heavy (non-hydrogen) atoms. The van der Waals surface area contributed by atoms with E-state index in [2.05, 4.69) is 33.1 Å². The summed E-state index contributed by atoms with van der Waals surface area (Å²) in [4.78, 5) is 25.8. The third-order valence-electron chi connectivity index (χ3n) is 5.14. The smallest absolute Gasteiger partial charge is 0.272 e. The van der Waals surface area contributed by atoms with Gasteiger partial charge in [-0.3, -0.25) is 4.79 Å². The fraction of sp³-hybridized carbons (Fsp3) is 0.261. The van der Waals surface area contributed by atoms with Crippen molar-refractivity contribution in [3.05, 3.63) is 83.8 Å². The van der Waals surface area contributed by atoms with Gasteiger partial charge in [-0.05, 0) is 37.0 Å². The van der Waals surface area contributed by atoms with E-state index in [1.807, 2.05) is 54.3 Å². The van der Waals surface area contributed by atoms with Gasteiger partial charge in [0.15, 0.2) is 0 Å². The van der Waals surface area contributed by atoms with Crippen LogP contribution in [0.1, 0.15) is 35.0 Å². The molecule has 1 aliphatic rings. The Kier molecular flexibility index (Phi) is 5.33. The Morgan fingerprint density at radius 2 is 1.86 bits per heavy atom. The van der Waals surface area contributed by atoms with Gasteiger partial charge in [0.1, 0.15) is 17.8 Å². The highest BCUT2D eigenvalue weighted by Gasteiger charge is 2.22. The van der Waals surface area contributed by atoms with Gasteiger partial charge >= 0.3 is 0 Å². The zero-order chi connectivity index (χ0) is 19.3. The fourth-order valence-electron chi connectivity index (χ4n) is 3.68. The molecule has 0 saturated heterocycles. The van der Waals surface area contributed by atoms with E-state index in [4.69, 9.17) is 0 Å². The number of rotatable bonds is 5. The summed E-state index contributed by atoms with van der Waals surface area (Å²) < 4.78 is 0. The number of hydrogen-bond donors (Lipinski definition) is 0. The molecule has 0 unspecified atom stereocenters. The highest BCUT2D eigenvalue weighted by atomic mass is 16.2. The summed E-state index contributed by atoms with van der Waals surface area (Å²) in [5.74, 6) is 0.710. The van der Waals surface area contributed by atoms with Crippen LogP contribution in [0.5, 0.6) is 0 Å². The summed E-state index contributed by atoms with van der Waals surface area (Å²) in [6.45, 7) is 4.08. The lowest BCUT2D eigenvalue weighted by molar-refractivity contribution is 0.0746. The molecule has 3 aromatic rings. The van der Waals surface area contributed by atoms with Crippen molar-refractivity contribution in [1.29, 1.82) is 0 Å². The predicted octanol–water partition coefficient (Wildman–Crippen LogP) is 4.22. The van der Waals surface area contributed by atoms with Crippen molar-refractivity contribution < 1.29 is 4.79 Å². The lowest BCUT2D eigenvalue weighted by atomic mass is 10.0. The van der Waals surface area contributed by atoms with Crippen LogP contribution >= 0.6 is 0 Å². The molecule has 2 heterocycles. The summed E-state index contributed by atoms with van der Waals surface area (Å²) in [7, 11) is 0. The van der Waals surface area contributed by atoms with Gasteiger partial charge in [0, 0.05) is 31.4 Å². The normalized spacial score (nSPS) is 13.1. The molecule has 2 aromatic carbocycles. The Balaban J connectivity index is 1.59. The quantitative estimate of drug-likeness (QED) is 0.673. The van der Waals surface area contributed by atoms with Crippen LogP contribution in [0.15, 0.2) is 67.0 Å². The third kappa shape index (κ3) is 3.74. The van der Waals surface area contributed by atoms with Crippen LogP contribution in [0.3, 0.4) is 0 Å². The molecule has 1 aliphatic heterocycles. The topological polar surface area (TPSA) is 49.3 Å². The van der Waals surface area contributed by atoms with E-state index in [0.717, 1.165) is 30.8 Å². The second kappa shape index (κ2) is 8.21. The molecule has 4 rings (SSSR count). The first kappa shape index (κ1) is 18.2. The van der Waals surface area contributed by atoms with Crippen molar-refractivity contribution in [1.82, 2.24) is 14.9 Å². The van der Waals surface area contributed by atoms with Crippen LogP contribution in [-0.2, 0) is 13.0 Å². The summed E-state index contributed by atoms with van der Waals surface area (Å²) in [5, 5.41) is 0. The zero-order valence-corrected chi connectivity index (χ0v) is 16.1. The molecule has 5 heteroatoms. The van der Waals surface area contributed by atoms with E-state index in [9.17, 15) is 4.79 Å². The van der Waals surface area contributed by atoms with Crippen LogP contribution < -0.4 is 4.90 Å². The number of hydrogen-bond acceptors (Lipinski definition) is 4. The van der Waals surface area contributed by atoms with E-state index in [-0.39, 0.29) is 5.91 Å². The van der Waals surface area contributed by atoms with Crippen molar-refractivity contribution in [3.8, 4) is 0 Å². The largest absolute Gasteiger partial charge is 0.333 e. The van der Waals surface area contributed by atoms with Crippen LogP contribution in [0.25, 0.3) is 0 Å². The average Bonchev–Trinajstić information content (AvgIpc) is 2.77. The number of carbonyl (C=O) groups excluding carboxylic acids is 1. The predicted molar refractivity (Wildman–Crippen MR) is 111 cm³/mol. The van der Waals surface area contributed by atoms with Crippen LogP contribution in [0.4, 0.5) is 11.5 Å². The number of anilines is 2. The molecule has 0 saturated carbocycles. The number of nitrogens with zero attached hydrogens (tertiary/aromatic N) is 4. The van der Waals surface area contributed by atoms with Crippen molar-refractivity contribution in [2.75, 3.05) is 18.0 Å². The number of fused-ring (bicyclic) bond motifs is 1. The maximum absolute atomic E-state index is 13.1. The van der Waals surface area contributed by atoms with Crippen molar-refractivity contribution in [3.63, 3.8) is 0 Å². The number of para-hydroxylation sites is 1. The summed E-state index contributed by atoms with van der Waals surface area (Å²) in [5.41, 5.74) is 4.03. The minimum Gasteiger partial charge on any atom is -0.333 e. The van der Waals surface area contributed by atoms with Gasteiger partial charge in [0.25, 0.3) is 5.91 Å². The van der Waals surface area contributed by atoms with E-state index in [1.54, 1.807) is 0 Å². The Morgan fingerprint density at radius 1 is 1.07 bits per heavy atom. The Bertz CT molecular complexity index is 958. The number of aromatic nitrogens is 2. The molecule has 0 spiro atoms. The van der Waals surface area contributed by atoms with Crippen molar-refractivity contribution >= 4 is 17.4 Å². The van der Waals surface area contributed by atoms with Crippen molar-refractivity contribution in [2.45, 2.75) is 26.3 Å². The SMILES string of the molecule is CCN(Cc1ccccc1)C(=O)c1cc(N2CCCc3ccccc32)ncn1. The molecule has 0 aliphatic carbocycles. The fourth-order valence-corrected chi connectivity index (χ4v) is 3.68. The average molecular weight is 372 g/mol. The molecule has 0 fully saturated rings. The van der Waals surface area contributed by atoms with Gasteiger partial charge in [-0.2, -0.15) is 0 Å². The standard InChI is InChI=1S/C23H24N4O/c1-2-26(16-18-9-4-3-5-10-18)23(28)20-15-22(25-17-24-20)27-14-8-12-19-11-6-7-13-21(19)27/h3-7,9-11,13,15,17H,2,8,12,14,16H2,1H3. The molecule has 5 nitrogen and oxygen atoms in total. The van der Waals surface area contributed by atoms with E-state index < -0.39 is 0 Å². The van der Waals surface area contributed by atoms with Gasteiger partial charge in [-0.15, -0.1) is 0 Å². The van der Waals surface area contributed by atoms with Gasteiger partial charge in [-0.1, -0.05) is 48.5 Å². The molecule has 1 amide bonds. The molecular formula is C23H24N4O. The van der Waals surface area contributed by atoms with E-state index in [1.165, 1.54) is 17.6 Å². The summed E-state index contributed by atoms with van der Waals surface area (Å²) in [6, 6.07) is 20.2. The van der Waals surface area contributed by atoms with Gasteiger partial charge in [0.05, 0.1) is 0 Å². The molecule has 142 valence electrons. The molecule has 0 atom stereocenters. The maximum atomic E-state index is 13.1. The first-order chi connectivity index (χ1) is 13.8. The molecule has 0 radical (unpaired) electrons. The van der Waals surface area contributed by atoms with E-state index in [0.29, 0.717) is 18.8 Å². The first-order valence-electron chi connectivity index (χ1n) is 9.77. The highest BCUT2D eigenvalue weighted by molar-refractivity contribution is 5.93. The summed E-state index contributed by atoms with van der Waals surface area (Å²) in [6.07, 6.45) is 3.64. The Labute approximate surface area is 165 Å². The number of benzene rings is 2. The van der Waals surface area contributed by atoms with Gasteiger partial charge in [0.2, 0.25) is 0 Å². The lowest BCUT2D eigenvalue weighted by Gasteiger charge is -2.30. The number of amides is 1. The zero-order valence-electron chi connectivity index (χ0n) is 16.1. The molecular weight excluding hydrogens is 348 g/mol. The maximum Gasteiger partial charge on any atom is 0.272 e. The first-order valence-corrected chi connectivity index (χ1v) is 9.77. The van der Waals surface area contributed by atoms with Crippen LogP contribution in [0, 0.1) is 0 Å². The van der Waals surface area contributed by atoms with Crippen LogP contribution in [0.2, 0.25) is 0 Å². The minimum atomic E-state index is -0.0692. The third-order valence-corrected chi connectivity index (χ3v) is 5.14. The molecule has 0 bridgehead atoms. The number of carbonyl (C=O) groups is 1. The minimum absolute atomic E-state index is 0.0692. The Morgan fingerprint density at radius 3 is 2.68 bits per heavy atom. The van der Waals surface area contributed by atoms with Crippen LogP contribution in [-0.4, -0.2) is 33.9 Å². The highest BCUT2D eigenvalue weighted by Crippen LogP contribution is 2.32. The second-order valence-electron chi connectivity index (χ2n) is 6.95. The monoisotopic (exact) mass is 372 g/mol. The molecule has 1 aromatic heterocycles. The van der Waals surface area contributed by atoms with Gasteiger partial charge < -0.3 is 9.80 Å². The van der Waals surface area contributed by atoms with E-state index >= 15 is 0 Å². The molecule has 0 N–H and O–H groups in total. The lowest BCUT2D eigenvalue weighted by Crippen LogP contribution is -2.31.